The number of hydrogen-bond acceptors (Lipinski definition) is 13. The number of rotatable bonds is 29. The van der Waals surface area contributed by atoms with E-state index in [0.29, 0.717) is 12.8 Å². The zero-order valence-electron chi connectivity index (χ0n) is 33.2. The number of carbonyl (C=O) groups excluding carboxylic acids is 1. The van der Waals surface area contributed by atoms with Crippen molar-refractivity contribution >= 4 is 5.91 Å². The summed E-state index contributed by atoms with van der Waals surface area (Å²) in [6, 6.07) is -0.929. The van der Waals surface area contributed by atoms with E-state index in [2.05, 4.69) is 43.5 Å². The molecule has 0 radical (unpaired) electrons. The first-order chi connectivity index (χ1) is 26.6. The second-order valence-electron chi connectivity index (χ2n) is 14.7. The molecule has 0 aromatic rings. The lowest BCUT2D eigenvalue weighted by atomic mass is 9.97. The molecule has 0 bridgehead atoms. The monoisotopic (exact) mass is 788 g/mol. The van der Waals surface area contributed by atoms with Crippen LogP contribution in [-0.4, -0.2) is 140 Å². The maximum Gasteiger partial charge on any atom is 0.220 e. The summed E-state index contributed by atoms with van der Waals surface area (Å²) in [5, 5.41) is 86.0. The number of unbranched alkanes of at least 4 members (excludes halogenated alkanes) is 12. The molecule has 0 aromatic carbocycles. The summed E-state index contributed by atoms with van der Waals surface area (Å²) in [5.41, 5.74) is 0. The molecule has 12 unspecified atom stereocenters. The van der Waals surface area contributed by atoms with Crippen LogP contribution in [0.15, 0.2) is 36.5 Å². The molecular formula is C41H73NO13. The Morgan fingerprint density at radius 1 is 0.636 bits per heavy atom. The van der Waals surface area contributed by atoms with E-state index in [4.69, 9.17) is 18.9 Å². The van der Waals surface area contributed by atoms with Crippen molar-refractivity contribution in [1.29, 1.82) is 0 Å². The first-order valence-corrected chi connectivity index (χ1v) is 20.7. The van der Waals surface area contributed by atoms with E-state index in [1.807, 2.05) is 6.08 Å². The van der Waals surface area contributed by atoms with Crippen molar-refractivity contribution in [3.8, 4) is 0 Å². The Bertz CT molecular complexity index is 1070. The molecule has 2 aliphatic rings. The largest absolute Gasteiger partial charge is 0.394 e. The molecule has 14 heteroatoms. The summed E-state index contributed by atoms with van der Waals surface area (Å²) in [7, 11) is 0. The Balaban J connectivity index is 1.94. The molecular weight excluding hydrogens is 714 g/mol. The van der Waals surface area contributed by atoms with E-state index in [1.165, 1.54) is 25.7 Å². The first-order valence-electron chi connectivity index (χ1n) is 20.7. The number of hydrogen-bond donors (Lipinski definition) is 9. The van der Waals surface area contributed by atoms with Crippen LogP contribution in [0, 0.1) is 0 Å². The highest BCUT2D eigenvalue weighted by molar-refractivity contribution is 5.76. The zero-order chi connectivity index (χ0) is 40.4. The summed E-state index contributed by atoms with van der Waals surface area (Å²) in [6.45, 7) is 2.61. The third kappa shape index (κ3) is 18.6. The zero-order valence-corrected chi connectivity index (χ0v) is 33.2. The Labute approximate surface area is 328 Å². The SMILES string of the molecule is CCCC/C=C/CC/C=C/C(O)C(COC1OC(CO)C(OC2OC(CO)C(O)C(O)C2O)C(O)C1O)NC(=O)CCCCCCC/C=C\CCCCCC. The molecule has 2 heterocycles. The van der Waals surface area contributed by atoms with Gasteiger partial charge in [0.1, 0.15) is 48.8 Å². The predicted octanol–water partition coefficient (Wildman–Crippen LogP) is 2.81. The van der Waals surface area contributed by atoms with Gasteiger partial charge in [0.05, 0.1) is 32.0 Å². The van der Waals surface area contributed by atoms with E-state index in [1.54, 1.807) is 6.08 Å². The molecule has 0 saturated carbocycles. The van der Waals surface area contributed by atoms with Gasteiger partial charge in [-0.1, -0.05) is 102 Å². The highest BCUT2D eigenvalue weighted by Gasteiger charge is 2.50. The number of nitrogens with one attached hydrogen (secondary N) is 1. The maximum atomic E-state index is 13.0. The molecule has 14 nitrogen and oxygen atoms in total. The normalized spacial score (nSPS) is 30.1. The molecule has 9 N–H and O–H groups in total. The summed E-state index contributed by atoms with van der Waals surface area (Å²) < 4.78 is 22.5. The second kappa shape index (κ2) is 29.4. The molecule has 2 rings (SSSR count). The number of amides is 1. The van der Waals surface area contributed by atoms with Crippen LogP contribution >= 0.6 is 0 Å². The molecule has 320 valence electrons. The third-order valence-corrected chi connectivity index (χ3v) is 10.0. The van der Waals surface area contributed by atoms with E-state index in [-0.39, 0.29) is 18.9 Å². The van der Waals surface area contributed by atoms with Gasteiger partial charge in [-0.2, -0.15) is 0 Å². The van der Waals surface area contributed by atoms with Crippen LogP contribution in [0.25, 0.3) is 0 Å². The quantitative estimate of drug-likeness (QED) is 0.0393. The first kappa shape index (κ1) is 49.4. The van der Waals surface area contributed by atoms with Crippen LogP contribution in [0.5, 0.6) is 0 Å². The van der Waals surface area contributed by atoms with E-state index >= 15 is 0 Å². The van der Waals surface area contributed by atoms with E-state index in [0.717, 1.165) is 64.2 Å². The average molecular weight is 788 g/mol. The van der Waals surface area contributed by atoms with Crippen molar-refractivity contribution in [3.63, 3.8) is 0 Å². The van der Waals surface area contributed by atoms with Gasteiger partial charge >= 0.3 is 0 Å². The van der Waals surface area contributed by atoms with Crippen molar-refractivity contribution in [1.82, 2.24) is 5.32 Å². The Hall–Kier alpha value is -1.79. The number of allylic oxidation sites excluding steroid dienone is 5. The smallest absolute Gasteiger partial charge is 0.220 e. The standard InChI is InChI=1S/C41H73NO13/c1-3-5-7-9-11-13-14-15-16-17-19-21-23-25-33(46)42-29(30(45)24-22-20-18-12-10-8-6-4-2)28-52-40-38(51)36(49)39(32(27-44)54-40)55-41-37(50)35(48)34(47)31(26-43)53-41/h10,12-14,22,24,29-32,34-41,43-45,47-51H,3-9,11,15-21,23,25-28H2,1-2H3,(H,42,46)/b12-10+,14-13-,24-22+. The highest BCUT2D eigenvalue weighted by atomic mass is 16.7. The topological polar surface area (TPSA) is 228 Å². The van der Waals surface area contributed by atoms with Crippen LogP contribution in [0.1, 0.15) is 123 Å². The van der Waals surface area contributed by atoms with Crippen molar-refractivity contribution < 1.29 is 64.6 Å². The van der Waals surface area contributed by atoms with Crippen LogP contribution in [0.2, 0.25) is 0 Å². The van der Waals surface area contributed by atoms with Crippen LogP contribution < -0.4 is 5.32 Å². The summed E-state index contributed by atoms with van der Waals surface area (Å²) in [6.07, 6.45) is 12.3. The molecule has 55 heavy (non-hydrogen) atoms. The van der Waals surface area contributed by atoms with Gasteiger partial charge in [0.25, 0.3) is 0 Å². The Kier molecular flexibility index (Phi) is 26.4. The van der Waals surface area contributed by atoms with Gasteiger partial charge in [-0.15, -0.1) is 0 Å². The molecule has 2 fully saturated rings. The summed E-state index contributed by atoms with van der Waals surface area (Å²) in [4.78, 5) is 13.0. The minimum Gasteiger partial charge on any atom is -0.394 e. The van der Waals surface area contributed by atoms with Gasteiger partial charge in [0.15, 0.2) is 12.6 Å². The van der Waals surface area contributed by atoms with Gasteiger partial charge in [-0.3, -0.25) is 4.79 Å². The summed E-state index contributed by atoms with van der Waals surface area (Å²) >= 11 is 0. The number of aliphatic hydroxyl groups excluding tert-OH is 8. The van der Waals surface area contributed by atoms with Crippen molar-refractivity contribution in [2.24, 2.45) is 0 Å². The Morgan fingerprint density at radius 3 is 1.84 bits per heavy atom. The minimum absolute atomic E-state index is 0.262. The van der Waals surface area contributed by atoms with Crippen LogP contribution in [0.3, 0.4) is 0 Å². The van der Waals surface area contributed by atoms with Crippen LogP contribution in [-0.2, 0) is 23.7 Å². The van der Waals surface area contributed by atoms with Gasteiger partial charge in [-0.05, 0) is 51.4 Å². The molecule has 2 saturated heterocycles. The lowest BCUT2D eigenvalue weighted by Crippen LogP contribution is -2.65. The molecule has 2 aliphatic heterocycles. The predicted molar refractivity (Wildman–Crippen MR) is 208 cm³/mol. The number of aliphatic hydroxyl groups is 8. The molecule has 0 aliphatic carbocycles. The average Bonchev–Trinajstić information content (AvgIpc) is 3.18. The molecule has 0 aromatic heterocycles. The number of carbonyl (C=O) groups is 1. The van der Waals surface area contributed by atoms with Gasteiger partial charge < -0.3 is 65.1 Å². The fraction of sp³-hybridized carbons (Fsp3) is 0.829. The van der Waals surface area contributed by atoms with E-state index < -0.39 is 86.8 Å². The van der Waals surface area contributed by atoms with Crippen molar-refractivity contribution in [2.45, 2.75) is 197 Å². The number of ether oxygens (including phenoxy) is 4. The second-order valence-corrected chi connectivity index (χ2v) is 14.7. The minimum atomic E-state index is -1.79. The third-order valence-electron chi connectivity index (χ3n) is 10.0. The van der Waals surface area contributed by atoms with Crippen LogP contribution in [0.4, 0.5) is 0 Å². The molecule has 12 atom stereocenters. The fourth-order valence-corrected chi connectivity index (χ4v) is 6.52. The lowest BCUT2D eigenvalue weighted by Gasteiger charge is -2.46. The summed E-state index contributed by atoms with van der Waals surface area (Å²) in [5.74, 6) is -0.266. The maximum absolute atomic E-state index is 13.0. The Morgan fingerprint density at radius 2 is 1.18 bits per heavy atom. The lowest BCUT2D eigenvalue weighted by molar-refractivity contribution is -0.359. The van der Waals surface area contributed by atoms with E-state index in [9.17, 15) is 45.6 Å². The van der Waals surface area contributed by atoms with Gasteiger partial charge in [0.2, 0.25) is 5.91 Å². The van der Waals surface area contributed by atoms with Gasteiger partial charge in [0, 0.05) is 6.42 Å². The van der Waals surface area contributed by atoms with Crippen molar-refractivity contribution in [2.75, 3.05) is 19.8 Å². The van der Waals surface area contributed by atoms with Crippen molar-refractivity contribution in [3.05, 3.63) is 36.5 Å². The molecule has 1 amide bonds. The fourth-order valence-electron chi connectivity index (χ4n) is 6.52. The molecule has 0 spiro atoms. The highest BCUT2D eigenvalue weighted by Crippen LogP contribution is 2.29. The van der Waals surface area contributed by atoms with Gasteiger partial charge in [-0.25, -0.2) is 0 Å².